The zero-order chi connectivity index (χ0) is 14.8. The van der Waals surface area contributed by atoms with Gasteiger partial charge in [0.15, 0.2) is 0 Å². The highest BCUT2D eigenvalue weighted by Gasteiger charge is 2.22. The van der Waals surface area contributed by atoms with Gasteiger partial charge in [0.25, 0.3) is 5.89 Å². The molecule has 0 spiro atoms. The molecule has 0 saturated carbocycles. The first-order chi connectivity index (χ1) is 10.1. The summed E-state index contributed by atoms with van der Waals surface area (Å²) < 4.78 is 18.8. The summed E-state index contributed by atoms with van der Waals surface area (Å²) in [6.07, 6.45) is 1.65. The van der Waals surface area contributed by atoms with E-state index in [1.807, 2.05) is 0 Å². The molecule has 21 heavy (non-hydrogen) atoms. The number of halogens is 1. The van der Waals surface area contributed by atoms with Gasteiger partial charge in [0.05, 0.1) is 10.6 Å². The van der Waals surface area contributed by atoms with Crippen LogP contribution >= 0.6 is 11.8 Å². The average molecular weight is 305 g/mol. The number of aromatic nitrogens is 2. The van der Waals surface area contributed by atoms with E-state index >= 15 is 0 Å². The number of hydrogen-bond acceptors (Lipinski definition) is 5. The van der Waals surface area contributed by atoms with Crippen LogP contribution in [0.3, 0.4) is 0 Å². The molecule has 0 unspecified atom stereocenters. The lowest BCUT2D eigenvalue weighted by Gasteiger charge is -2.12. The number of amides is 1. The first-order valence-corrected chi connectivity index (χ1v) is 7.35. The number of nitrogens with zero attached hydrogens (tertiary/aromatic N) is 3. The largest absolute Gasteiger partial charge is 0.334 e. The predicted molar refractivity (Wildman–Crippen MR) is 77.5 cm³/mol. The van der Waals surface area contributed by atoms with Crippen LogP contribution in [0.2, 0.25) is 0 Å². The molecule has 7 heteroatoms. The van der Waals surface area contributed by atoms with Crippen LogP contribution < -0.4 is 0 Å². The molecule has 1 fully saturated rings. The Morgan fingerprint density at radius 2 is 2.29 bits per heavy atom. The van der Waals surface area contributed by atoms with Crippen molar-refractivity contribution < 1.29 is 13.7 Å². The zero-order valence-electron chi connectivity index (χ0n) is 11.2. The smallest absolute Gasteiger partial charge is 0.253 e. The molecular formula is C14H12FN3O2S. The van der Waals surface area contributed by atoms with Crippen LogP contribution in [0.1, 0.15) is 12.8 Å². The van der Waals surface area contributed by atoms with Gasteiger partial charge in [-0.1, -0.05) is 17.3 Å². The van der Waals surface area contributed by atoms with Crippen molar-refractivity contribution in [2.24, 2.45) is 0 Å². The molecule has 0 bridgehead atoms. The lowest BCUT2D eigenvalue weighted by molar-refractivity contribution is -0.126. The second-order valence-corrected chi connectivity index (χ2v) is 5.55. The Morgan fingerprint density at radius 3 is 3.05 bits per heavy atom. The number of carbonyl (C=O) groups excluding carboxylic acids is 1. The summed E-state index contributed by atoms with van der Waals surface area (Å²) in [6, 6.07) is 6.23. The quantitative estimate of drug-likeness (QED) is 0.854. The standard InChI is InChI=1S/C14H12FN3O2S/c1-9(19)18-6-7-21-13(18)8-12-16-14(17-20-12)10-4-2-3-5-11(10)15/h2-5,8H,6-7H2,1H3/b13-8+. The predicted octanol–water partition coefficient (Wildman–Crippen LogP) is 2.77. The van der Waals surface area contributed by atoms with Gasteiger partial charge < -0.3 is 9.42 Å². The summed E-state index contributed by atoms with van der Waals surface area (Å²) in [4.78, 5) is 17.3. The first kappa shape index (κ1) is 13.8. The SMILES string of the molecule is CC(=O)N1CCS/C1=C/c1nc(-c2ccccc2F)no1. The fourth-order valence-electron chi connectivity index (χ4n) is 2.01. The van der Waals surface area contributed by atoms with Crippen molar-refractivity contribution in [1.82, 2.24) is 15.0 Å². The maximum Gasteiger partial charge on any atom is 0.253 e. The van der Waals surface area contributed by atoms with Gasteiger partial charge in [-0.15, -0.1) is 11.8 Å². The molecule has 1 aliphatic heterocycles. The Hall–Kier alpha value is -2.15. The van der Waals surface area contributed by atoms with Gasteiger partial charge in [0, 0.05) is 25.3 Å². The van der Waals surface area contributed by atoms with Crippen LogP contribution in [0.4, 0.5) is 4.39 Å². The van der Waals surface area contributed by atoms with Crippen LogP contribution in [-0.4, -0.2) is 33.2 Å². The minimum atomic E-state index is -0.405. The van der Waals surface area contributed by atoms with E-state index in [0.717, 1.165) is 10.8 Å². The highest BCUT2D eigenvalue weighted by Crippen LogP contribution is 2.30. The van der Waals surface area contributed by atoms with Crippen molar-refractivity contribution >= 4 is 23.7 Å². The normalized spacial score (nSPS) is 16.7. The van der Waals surface area contributed by atoms with E-state index in [2.05, 4.69) is 10.1 Å². The van der Waals surface area contributed by atoms with Crippen molar-refractivity contribution in [3.8, 4) is 11.4 Å². The topological polar surface area (TPSA) is 59.2 Å². The lowest BCUT2D eigenvalue weighted by Crippen LogP contribution is -2.23. The summed E-state index contributed by atoms with van der Waals surface area (Å²) in [7, 11) is 0. The van der Waals surface area contributed by atoms with E-state index in [-0.39, 0.29) is 23.2 Å². The molecule has 3 rings (SSSR count). The van der Waals surface area contributed by atoms with Crippen molar-refractivity contribution in [1.29, 1.82) is 0 Å². The number of benzene rings is 1. The summed E-state index contributed by atoms with van der Waals surface area (Å²) >= 11 is 1.55. The van der Waals surface area contributed by atoms with Crippen molar-refractivity contribution in [3.63, 3.8) is 0 Å². The molecule has 0 radical (unpaired) electrons. The zero-order valence-corrected chi connectivity index (χ0v) is 12.1. The molecule has 1 amide bonds. The Bertz CT molecular complexity index is 714. The van der Waals surface area contributed by atoms with Gasteiger partial charge in [-0.2, -0.15) is 4.98 Å². The third kappa shape index (κ3) is 2.82. The van der Waals surface area contributed by atoms with E-state index in [1.165, 1.54) is 13.0 Å². The monoisotopic (exact) mass is 305 g/mol. The Morgan fingerprint density at radius 1 is 1.48 bits per heavy atom. The van der Waals surface area contributed by atoms with Gasteiger partial charge in [-0.25, -0.2) is 4.39 Å². The van der Waals surface area contributed by atoms with Crippen LogP contribution in [0.25, 0.3) is 17.5 Å². The third-order valence-electron chi connectivity index (χ3n) is 3.01. The fourth-order valence-corrected chi connectivity index (χ4v) is 3.06. The highest BCUT2D eigenvalue weighted by atomic mass is 32.2. The van der Waals surface area contributed by atoms with Crippen LogP contribution in [0.15, 0.2) is 33.8 Å². The Kier molecular flexibility index (Phi) is 3.74. The molecule has 108 valence electrons. The number of carbonyl (C=O) groups is 1. The van der Waals surface area contributed by atoms with Crippen molar-refractivity contribution in [2.75, 3.05) is 12.3 Å². The molecule has 2 aromatic rings. The van der Waals surface area contributed by atoms with Gasteiger partial charge in [0.1, 0.15) is 5.82 Å². The van der Waals surface area contributed by atoms with Crippen LogP contribution in [0.5, 0.6) is 0 Å². The Balaban J connectivity index is 1.89. The molecule has 1 aromatic heterocycles. The van der Waals surface area contributed by atoms with Crippen LogP contribution in [-0.2, 0) is 4.79 Å². The number of rotatable bonds is 2. The van der Waals surface area contributed by atoms with Gasteiger partial charge in [-0.3, -0.25) is 4.79 Å². The molecule has 5 nitrogen and oxygen atoms in total. The molecule has 0 aliphatic carbocycles. The lowest BCUT2D eigenvalue weighted by atomic mass is 10.2. The van der Waals surface area contributed by atoms with E-state index in [0.29, 0.717) is 6.54 Å². The molecule has 1 aliphatic rings. The molecule has 0 atom stereocenters. The van der Waals surface area contributed by atoms with E-state index in [4.69, 9.17) is 4.52 Å². The molecule has 0 N–H and O–H groups in total. The average Bonchev–Trinajstić information content (AvgIpc) is 3.09. The van der Waals surface area contributed by atoms with E-state index < -0.39 is 5.82 Å². The summed E-state index contributed by atoms with van der Waals surface area (Å²) in [5, 5.41) is 4.55. The molecular weight excluding hydrogens is 293 g/mol. The van der Waals surface area contributed by atoms with E-state index in [9.17, 15) is 9.18 Å². The number of hydrogen-bond donors (Lipinski definition) is 0. The third-order valence-corrected chi connectivity index (χ3v) is 4.04. The van der Waals surface area contributed by atoms with E-state index in [1.54, 1.807) is 40.9 Å². The summed E-state index contributed by atoms with van der Waals surface area (Å²) in [5.74, 6) is 0.846. The second kappa shape index (κ2) is 5.69. The van der Waals surface area contributed by atoms with Crippen molar-refractivity contribution in [2.45, 2.75) is 6.92 Å². The molecule has 1 aromatic carbocycles. The minimum absolute atomic E-state index is 0.0277. The van der Waals surface area contributed by atoms with Crippen molar-refractivity contribution in [3.05, 3.63) is 41.0 Å². The second-order valence-electron chi connectivity index (χ2n) is 4.44. The van der Waals surface area contributed by atoms with Gasteiger partial charge in [-0.05, 0) is 12.1 Å². The maximum absolute atomic E-state index is 13.7. The first-order valence-electron chi connectivity index (χ1n) is 6.36. The van der Waals surface area contributed by atoms with Crippen LogP contribution in [0, 0.1) is 5.82 Å². The Labute approximate surface area is 124 Å². The highest BCUT2D eigenvalue weighted by molar-refractivity contribution is 8.03. The number of thioether (sulfide) groups is 1. The van der Waals surface area contributed by atoms with Gasteiger partial charge >= 0.3 is 0 Å². The minimum Gasteiger partial charge on any atom is -0.334 e. The van der Waals surface area contributed by atoms with Gasteiger partial charge in [0.2, 0.25) is 11.7 Å². The fraction of sp³-hybridized carbons (Fsp3) is 0.214. The molecule has 2 heterocycles. The molecule has 1 saturated heterocycles. The maximum atomic E-state index is 13.7. The summed E-state index contributed by atoms with van der Waals surface area (Å²) in [6.45, 7) is 2.18. The summed E-state index contributed by atoms with van der Waals surface area (Å²) in [5.41, 5.74) is 0.286.